The topological polar surface area (TPSA) is 13.1 Å². The van der Waals surface area contributed by atoms with Crippen LogP contribution in [0.25, 0.3) is 121 Å². The Balaban J connectivity index is 0.847. The molecule has 0 N–H and O–H groups in total. The van der Waals surface area contributed by atoms with Gasteiger partial charge in [-0.05, 0) is 139 Å². The number of fused-ring (bicyclic) bond motifs is 10. The zero-order valence-electron chi connectivity index (χ0n) is 45.6. The Morgan fingerprint density at radius 3 is 1.61 bits per heavy atom. The molecule has 3 heteroatoms. The minimum Gasteiger partial charge on any atom is -0.310 e. The zero-order valence-corrected chi connectivity index (χ0v) is 45.6. The van der Waals surface area contributed by atoms with Crippen LogP contribution < -0.4 is 4.90 Å². The largest absolute Gasteiger partial charge is 0.310 e. The van der Waals surface area contributed by atoms with E-state index >= 15 is 0 Å². The molecule has 16 rings (SSSR count). The Morgan fingerprint density at radius 1 is 0.305 bits per heavy atom. The summed E-state index contributed by atoms with van der Waals surface area (Å²) < 4.78 is 4.95. The molecule has 1 aliphatic carbocycles. The van der Waals surface area contributed by atoms with E-state index in [4.69, 9.17) is 0 Å². The third-order valence-corrected chi connectivity index (χ3v) is 17.5. The molecule has 2 aromatic heterocycles. The van der Waals surface area contributed by atoms with Crippen LogP contribution in [-0.2, 0) is 5.41 Å². The highest BCUT2D eigenvalue weighted by molar-refractivity contribution is 6.19. The van der Waals surface area contributed by atoms with Gasteiger partial charge in [-0.2, -0.15) is 0 Å². The van der Waals surface area contributed by atoms with E-state index in [1.54, 1.807) is 0 Å². The second kappa shape index (κ2) is 18.8. The molecule has 0 unspecified atom stereocenters. The number of para-hydroxylation sites is 2. The maximum absolute atomic E-state index is 2.56. The van der Waals surface area contributed by atoms with Crippen molar-refractivity contribution in [1.82, 2.24) is 9.13 Å². The van der Waals surface area contributed by atoms with E-state index in [-0.39, 0.29) is 5.41 Å². The summed E-state index contributed by atoms with van der Waals surface area (Å²) in [6, 6.07) is 110. The first-order valence-electron chi connectivity index (χ1n) is 28.5. The predicted molar refractivity (Wildman–Crippen MR) is 347 cm³/mol. The number of nitrogens with zero attached hydrogens (tertiary/aromatic N) is 3. The number of anilines is 3. The molecule has 0 atom stereocenters. The fourth-order valence-corrected chi connectivity index (χ4v) is 13.7. The third kappa shape index (κ3) is 7.44. The summed E-state index contributed by atoms with van der Waals surface area (Å²) in [7, 11) is 0. The fourth-order valence-electron chi connectivity index (χ4n) is 13.7. The van der Waals surface area contributed by atoms with Gasteiger partial charge in [0, 0.05) is 60.7 Å². The van der Waals surface area contributed by atoms with Gasteiger partial charge in [0.2, 0.25) is 0 Å². The van der Waals surface area contributed by atoms with Crippen molar-refractivity contribution in [3.63, 3.8) is 0 Å². The van der Waals surface area contributed by atoms with Crippen LogP contribution in [-0.4, -0.2) is 9.13 Å². The van der Waals surface area contributed by atoms with Crippen LogP contribution in [0.1, 0.15) is 25.0 Å². The van der Waals surface area contributed by atoms with Crippen LogP contribution in [0.2, 0.25) is 0 Å². The van der Waals surface area contributed by atoms with Crippen LogP contribution in [0, 0.1) is 0 Å². The first-order chi connectivity index (χ1) is 40.5. The molecule has 3 nitrogen and oxygen atoms in total. The summed E-state index contributed by atoms with van der Waals surface area (Å²) in [4.78, 5) is 2.45. The molecule has 0 amide bonds. The molecular formula is C79H55N3. The quantitative estimate of drug-likeness (QED) is 0.140. The predicted octanol–water partition coefficient (Wildman–Crippen LogP) is 21.5. The van der Waals surface area contributed by atoms with E-state index in [1.807, 2.05) is 0 Å². The van der Waals surface area contributed by atoms with E-state index in [0.717, 1.165) is 28.4 Å². The molecule has 2 heterocycles. The lowest BCUT2D eigenvalue weighted by atomic mass is 9.81. The van der Waals surface area contributed by atoms with Crippen molar-refractivity contribution in [3.8, 4) is 67.1 Å². The second-order valence-electron chi connectivity index (χ2n) is 22.4. The Labute approximate surface area is 477 Å². The SMILES string of the molecule is CC1(C)c2cc(-c3cccc4c3ccc3c(-c5ccccc5)c(-c5ccccc5)n(-c5cccc6ccccc56)c34)ccc2-c2ccc(N(c3ccc(-c4ccccc4)cc3)c3ccc4c(c3)c3ccccc3n4-c3ccccc3)cc21. The van der Waals surface area contributed by atoms with Crippen molar-refractivity contribution in [2.75, 3.05) is 4.90 Å². The van der Waals surface area contributed by atoms with Gasteiger partial charge in [0.25, 0.3) is 0 Å². The van der Waals surface area contributed by atoms with Gasteiger partial charge in [-0.1, -0.05) is 238 Å². The average Bonchev–Trinajstić information content (AvgIpc) is 4.26. The van der Waals surface area contributed by atoms with E-state index in [9.17, 15) is 0 Å². The summed E-state index contributed by atoms with van der Waals surface area (Å²) in [6.07, 6.45) is 0. The highest BCUT2D eigenvalue weighted by Gasteiger charge is 2.37. The first-order valence-corrected chi connectivity index (χ1v) is 28.5. The summed E-state index contributed by atoms with van der Waals surface area (Å²) in [5.41, 5.74) is 23.8. The maximum atomic E-state index is 2.56. The lowest BCUT2D eigenvalue weighted by Crippen LogP contribution is -2.16. The van der Waals surface area contributed by atoms with E-state index in [0.29, 0.717) is 0 Å². The van der Waals surface area contributed by atoms with Crippen LogP contribution in [0.3, 0.4) is 0 Å². The van der Waals surface area contributed by atoms with Gasteiger partial charge in [0.05, 0.1) is 27.9 Å². The van der Waals surface area contributed by atoms with Crippen molar-refractivity contribution >= 4 is 71.3 Å². The van der Waals surface area contributed by atoms with Gasteiger partial charge in [-0.3, -0.25) is 0 Å². The smallest absolute Gasteiger partial charge is 0.0620 e. The van der Waals surface area contributed by atoms with Crippen molar-refractivity contribution in [3.05, 3.63) is 308 Å². The molecule has 386 valence electrons. The minimum absolute atomic E-state index is 0.303. The molecule has 13 aromatic carbocycles. The number of rotatable bonds is 9. The summed E-state index contributed by atoms with van der Waals surface area (Å²) in [6.45, 7) is 4.82. The van der Waals surface area contributed by atoms with Crippen molar-refractivity contribution in [2.45, 2.75) is 19.3 Å². The highest BCUT2D eigenvalue weighted by atomic mass is 15.1. The van der Waals surface area contributed by atoms with Gasteiger partial charge in [0.1, 0.15) is 0 Å². The molecule has 0 bridgehead atoms. The summed E-state index contributed by atoms with van der Waals surface area (Å²) >= 11 is 0. The highest BCUT2D eigenvalue weighted by Crippen LogP contribution is 2.53. The summed E-state index contributed by atoms with van der Waals surface area (Å²) in [5, 5.41) is 8.54. The molecule has 15 aromatic rings. The molecular weight excluding hydrogens is 991 g/mol. The molecule has 1 aliphatic rings. The van der Waals surface area contributed by atoms with Crippen molar-refractivity contribution in [2.24, 2.45) is 0 Å². The number of benzene rings is 13. The van der Waals surface area contributed by atoms with Gasteiger partial charge in [0.15, 0.2) is 0 Å². The number of hydrogen-bond donors (Lipinski definition) is 0. The average molecular weight is 1050 g/mol. The molecule has 0 radical (unpaired) electrons. The Morgan fingerprint density at radius 2 is 0.841 bits per heavy atom. The minimum atomic E-state index is -0.303. The molecule has 0 saturated heterocycles. The fraction of sp³-hybridized carbons (Fsp3) is 0.0380. The number of aromatic nitrogens is 2. The maximum Gasteiger partial charge on any atom is 0.0620 e. The Hall–Kier alpha value is -10.5. The van der Waals surface area contributed by atoms with Crippen LogP contribution in [0.5, 0.6) is 0 Å². The van der Waals surface area contributed by atoms with Gasteiger partial charge < -0.3 is 14.0 Å². The molecule has 0 saturated carbocycles. The van der Waals surface area contributed by atoms with Gasteiger partial charge in [-0.25, -0.2) is 0 Å². The monoisotopic (exact) mass is 1050 g/mol. The Bertz CT molecular complexity index is 4970. The van der Waals surface area contributed by atoms with Gasteiger partial charge in [-0.15, -0.1) is 0 Å². The molecule has 0 aliphatic heterocycles. The molecule has 82 heavy (non-hydrogen) atoms. The first kappa shape index (κ1) is 47.5. The summed E-state index contributed by atoms with van der Waals surface area (Å²) in [5.74, 6) is 0. The van der Waals surface area contributed by atoms with Crippen molar-refractivity contribution in [1.29, 1.82) is 0 Å². The molecule has 0 fully saturated rings. The van der Waals surface area contributed by atoms with Crippen LogP contribution in [0.15, 0.2) is 297 Å². The van der Waals surface area contributed by atoms with Crippen molar-refractivity contribution < 1.29 is 0 Å². The van der Waals surface area contributed by atoms with E-state index in [1.165, 1.54) is 121 Å². The second-order valence-corrected chi connectivity index (χ2v) is 22.4. The van der Waals surface area contributed by atoms with Crippen LogP contribution in [0.4, 0.5) is 17.1 Å². The lowest BCUT2D eigenvalue weighted by molar-refractivity contribution is 0.660. The van der Waals surface area contributed by atoms with E-state index in [2.05, 4.69) is 325 Å². The third-order valence-electron chi connectivity index (χ3n) is 17.5. The van der Waals surface area contributed by atoms with Gasteiger partial charge >= 0.3 is 0 Å². The number of hydrogen-bond acceptors (Lipinski definition) is 1. The molecule has 0 spiro atoms. The zero-order chi connectivity index (χ0) is 54.5. The normalized spacial score (nSPS) is 12.6. The lowest BCUT2D eigenvalue weighted by Gasteiger charge is -2.28. The Kier molecular flexibility index (Phi) is 10.9. The van der Waals surface area contributed by atoms with E-state index < -0.39 is 0 Å². The van der Waals surface area contributed by atoms with Crippen LogP contribution >= 0.6 is 0 Å². The standard InChI is InChI=1S/C79H55N3/c1-79(2)71-49-57(62-33-20-34-68-64(62)46-47-69-76(55-24-9-4-10-25-55)77(56-26-11-5-12-27-56)82(78(68)69)73-36-19-28-54-23-15-16-31-63(54)73)39-44-65(71)66-45-42-61(51-72(66)79)80(59-40-37-53(38-41-59)52-21-7-3-8-22-52)60-43-48-75-70(50-60)67-32-17-18-35-74(67)81(75)58-29-13-6-14-30-58/h3-51H,1-2H3.